The Kier molecular flexibility index (Phi) is 7.33. The lowest BCUT2D eigenvalue weighted by molar-refractivity contribution is -0.284. The van der Waals surface area contributed by atoms with E-state index in [0.29, 0.717) is 25.0 Å². The van der Waals surface area contributed by atoms with Crippen LogP contribution in [0.4, 0.5) is 22.0 Å². The van der Waals surface area contributed by atoms with Crippen LogP contribution in [0, 0.1) is 0 Å². The van der Waals surface area contributed by atoms with Gasteiger partial charge in [-0.25, -0.2) is 4.57 Å². The fourth-order valence-corrected chi connectivity index (χ4v) is 3.67. The first-order chi connectivity index (χ1) is 13.2. The summed E-state index contributed by atoms with van der Waals surface area (Å²) in [5.41, 5.74) is 6.19. The number of rotatable bonds is 9. The van der Waals surface area contributed by atoms with Crippen LogP contribution in [-0.4, -0.2) is 40.6 Å². The lowest BCUT2D eigenvalue weighted by Crippen LogP contribution is -2.41. The predicted octanol–water partition coefficient (Wildman–Crippen LogP) is 4.12. The quantitative estimate of drug-likeness (QED) is 0.299. The molecule has 12 heteroatoms. The van der Waals surface area contributed by atoms with Crippen molar-refractivity contribution in [3.8, 4) is 5.75 Å². The number of nitrogens with two attached hydrogens (primary N) is 1. The van der Waals surface area contributed by atoms with E-state index in [1.807, 2.05) is 0 Å². The molecule has 6 nitrogen and oxygen atoms in total. The first-order valence-electron chi connectivity index (χ1n) is 8.87. The number of ether oxygens (including phenoxy) is 1. The summed E-state index contributed by atoms with van der Waals surface area (Å²) in [6.45, 7) is -0.544. The molecule has 1 aromatic carbocycles. The van der Waals surface area contributed by atoms with Crippen molar-refractivity contribution < 1.29 is 45.6 Å². The highest BCUT2D eigenvalue weighted by molar-refractivity contribution is 7.46. The molecular formula is C17H23F5NO5P. The zero-order chi connectivity index (χ0) is 21.9. The number of benzene rings is 1. The van der Waals surface area contributed by atoms with E-state index in [9.17, 15) is 26.5 Å². The van der Waals surface area contributed by atoms with E-state index in [2.05, 4.69) is 4.52 Å². The molecule has 1 aromatic rings. The number of hydrogen-bond acceptors (Lipinski definition) is 4. The Morgan fingerprint density at radius 2 is 1.79 bits per heavy atom. The van der Waals surface area contributed by atoms with Crippen molar-refractivity contribution in [3.05, 3.63) is 29.8 Å². The second-order valence-corrected chi connectivity index (χ2v) is 8.53. The average Bonchev–Trinajstić information content (AvgIpc) is 2.99. The van der Waals surface area contributed by atoms with Gasteiger partial charge in [0.2, 0.25) is 0 Å². The molecule has 0 radical (unpaired) electrons. The van der Waals surface area contributed by atoms with Crippen LogP contribution < -0.4 is 10.5 Å². The molecule has 0 saturated heterocycles. The minimum absolute atomic E-state index is 0.0416. The molecule has 0 bridgehead atoms. The average molecular weight is 447 g/mol. The molecule has 2 rings (SSSR count). The van der Waals surface area contributed by atoms with Crippen LogP contribution in [0.25, 0.3) is 0 Å². The Labute approximate surface area is 164 Å². The van der Waals surface area contributed by atoms with Gasteiger partial charge in [0.25, 0.3) is 0 Å². The van der Waals surface area contributed by atoms with E-state index in [-0.39, 0.29) is 19.1 Å². The van der Waals surface area contributed by atoms with Gasteiger partial charge in [-0.3, -0.25) is 4.52 Å². The van der Waals surface area contributed by atoms with Gasteiger partial charge in [-0.15, -0.1) is 0 Å². The van der Waals surface area contributed by atoms with Crippen LogP contribution in [0.1, 0.15) is 43.6 Å². The van der Waals surface area contributed by atoms with Crippen molar-refractivity contribution in [2.75, 3.05) is 13.2 Å². The van der Waals surface area contributed by atoms with Gasteiger partial charge in [-0.05, 0) is 49.3 Å². The van der Waals surface area contributed by atoms with Crippen LogP contribution in [0.15, 0.2) is 24.3 Å². The van der Waals surface area contributed by atoms with Crippen LogP contribution in [0.2, 0.25) is 0 Å². The molecule has 2 atom stereocenters. The molecule has 0 heterocycles. The van der Waals surface area contributed by atoms with Gasteiger partial charge in [-0.1, -0.05) is 12.1 Å². The Morgan fingerprint density at radius 3 is 2.34 bits per heavy atom. The highest BCUT2D eigenvalue weighted by Gasteiger charge is 2.56. The second kappa shape index (κ2) is 8.85. The van der Waals surface area contributed by atoms with Gasteiger partial charge in [0, 0.05) is 12.0 Å². The molecule has 1 aliphatic rings. The van der Waals surface area contributed by atoms with Crippen molar-refractivity contribution in [1.29, 1.82) is 0 Å². The maximum atomic E-state index is 12.8. The van der Waals surface area contributed by atoms with Crippen LogP contribution in [-0.2, 0) is 9.09 Å². The van der Waals surface area contributed by atoms with Gasteiger partial charge in [0.15, 0.2) is 0 Å². The largest absolute Gasteiger partial charge is 0.494 e. The van der Waals surface area contributed by atoms with E-state index < -0.39 is 38.3 Å². The molecule has 166 valence electrons. The maximum absolute atomic E-state index is 12.8. The SMILES string of the molecule is N[C@]1(COP(=O)(O)O)CC[C@@H](c2ccc(OCCCC(F)(F)C(F)(F)F)cc2)C1. The molecule has 0 aromatic heterocycles. The zero-order valence-corrected chi connectivity index (χ0v) is 16.3. The van der Waals surface area contributed by atoms with Crippen LogP contribution in [0.3, 0.4) is 0 Å². The Hall–Kier alpha value is -1.26. The summed E-state index contributed by atoms with van der Waals surface area (Å²) in [5, 5.41) is 0. The molecule has 29 heavy (non-hydrogen) atoms. The maximum Gasteiger partial charge on any atom is 0.469 e. The number of hydrogen-bond donors (Lipinski definition) is 3. The third kappa shape index (κ3) is 7.18. The number of alkyl halides is 5. The minimum atomic E-state index is -5.57. The van der Waals surface area contributed by atoms with Crippen molar-refractivity contribution >= 4 is 7.82 Å². The standard InChI is InChI=1S/C17H23F5NO5P/c18-16(19,17(20,21)22)7-1-9-27-14-4-2-12(3-5-14)13-6-8-15(23,10-13)11-28-29(24,25)26/h2-5,13H,1,6-11,23H2,(H2,24,25,26)/t13-,15-/m1/s1. The van der Waals surface area contributed by atoms with Gasteiger partial charge in [0.1, 0.15) is 5.75 Å². The topological polar surface area (TPSA) is 102 Å². The summed E-state index contributed by atoms with van der Waals surface area (Å²) in [5.74, 6) is -4.35. The van der Waals surface area contributed by atoms with Crippen molar-refractivity contribution in [2.45, 2.75) is 55.7 Å². The van der Waals surface area contributed by atoms with Crippen LogP contribution in [0.5, 0.6) is 5.75 Å². The van der Waals surface area contributed by atoms with E-state index in [1.165, 1.54) is 0 Å². The summed E-state index contributed by atoms with van der Waals surface area (Å²) < 4.78 is 82.5. The molecule has 1 fully saturated rings. The summed E-state index contributed by atoms with van der Waals surface area (Å²) in [7, 11) is -4.60. The van der Waals surface area contributed by atoms with E-state index in [4.69, 9.17) is 20.3 Å². The lowest BCUT2D eigenvalue weighted by Gasteiger charge is -2.24. The molecule has 1 aliphatic carbocycles. The predicted molar refractivity (Wildman–Crippen MR) is 93.7 cm³/mol. The Balaban J connectivity index is 1.81. The Bertz CT molecular complexity index is 724. The summed E-state index contributed by atoms with van der Waals surface area (Å²) in [6.07, 6.45) is -5.70. The normalized spacial score (nSPS) is 23.4. The highest BCUT2D eigenvalue weighted by Crippen LogP contribution is 2.44. The molecular weight excluding hydrogens is 424 g/mol. The Morgan fingerprint density at radius 1 is 1.17 bits per heavy atom. The zero-order valence-electron chi connectivity index (χ0n) is 15.4. The van der Waals surface area contributed by atoms with Crippen molar-refractivity contribution in [2.24, 2.45) is 5.73 Å². The first kappa shape index (κ1) is 24.0. The fraction of sp³-hybridized carbons (Fsp3) is 0.647. The molecule has 0 unspecified atom stereocenters. The smallest absolute Gasteiger partial charge is 0.469 e. The number of phosphoric acid groups is 1. The summed E-state index contributed by atoms with van der Waals surface area (Å²) >= 11 is 0. The van der Waals surface area contributed by atoms with E-state index >= 15 is 0 Å². The third-order valence-corrected chi connectivity index (χ3v) is 5.30. The van der Waals surface area contributed by atoms with E-state index in [0.717, 1.165) is 5.56 Å². The second-order valence-electron chi connectivity index (χ2n) is 7.29. The molecule has 0 amide bonds. The molecule has 4 N–H and O–H groups in total. The van der Waals surface area contributed by atoms with E-state index in [1.54, 1.807) is 24.3 Å². The van der Waals surface area contributed by atoms with Gasteiger partial charge < -0.3 is 20.3 Å². The number of halogens is 5. The van der Waals surface area contributed by atoms with Crippen molar-refractivity contribution in [3.63, 3.8) is 0 Å². The summed E-state index contributed by atoms with van der Waals surface area (Å²) in [4.78, 5) is 17.6. The summed E-state index contributed by atoms with van der Waals surface area (Å²) in [6, 6.07) is 6.64. The van der Waals surface area contributed by atoms with Crippen LogP contribution >= 0.6 is 7.82 Å². The third-order valence-electron chi connectivity index (χ3n) is 4.83. The molecule has 0 spiro atoms. The van der Waals surface area contributed by atoms with Gasteiger partial charge in [-0.2, -0.15) is 22.0 Å². The van der Waals surface area contributed by atoms with Gasteiger partial charge >= 0.3 is 19.9 Å². The fourth-order valence-electron chi connectivity index (χ4n) is 3.25. The monoisotopic (exact) mass is 447 g/mol. The molecule has 0 aliphatic heterocycles. The lowest BCUT2D eigenvalue weighted by atomic mass is 9.94. The highest BCUT2D eigenvalue weighted by atomic mass is 31.2. The molecule has 1 saturated carbocycles. The van der Waals surface area contributed by atoms with Crippen molar-refractivity contribution in [1.82, 2.24) is 0 Å². The number of phosphoric ester groups is 1. The van der Waals surface area contributed by atoms with Gasteiger partial charge in [0.05, 0.1) is 13.2 Å². The first-order valence-corrected chi connectivity index (χ1v) is 10.4. The minimum Gasteiger partial charge on any atom is -0.494 e.